The van der Waals surface area contributed by atoms with E-state index >= 15 is 0 Å². The smallest absolute Gasteiger partial charge is 0.243 e. The van der Waals surface area contributed by atoms with E-state index in [1.807, 2.05) is 6.92 Å². The largest absolute Gasteiger partial charge is 0.496 e. The van der Waals surface area contributed by atoms with E-state index in [2.05, 4.69) is 4.98 Å². The van der Waals surface area contributed by atoms with E-state index in [1.54, 1.807) is 49.8 Å². The Morgan fingerprint density at radius 2 is 1.96 bits per heavy atom. The third-order valence-corrected chi connectivity index (χ3v) is 6.16. The maximum atomic E-state index is 13.0. The number of methoxy groups -OCH3 is 1. The molecule has 0 saturated carbocycles. The number of hydrogen-bond donors (Lipinski definition) is 0. The van der Waals surface area contributed by atoms with Gasteiger partial charge in [-0.15, -0.1) is 0 Å². The molecular formula is C18H22N2O4S. The number of nitrogens with zero attached hydrogens (tertiary/aromatic N) is 2. The Bertz CT molecular complexity index is 824. The van der Waals surface area contributed by atoms with Crippen molar-refractivity contribution in [3.63, 3.8) is 0 Å². The minimum absolute atomic E-state index is 0.162. The zero-order valence-corrected chi connectivity index (χ0v) is 15.2. The van der Waals surface area contributed by atoms with Crippen LogP contribution in [0, 0.1) is 6.92 Å². The lowest BCUT2D eigenvalue weighted by molar-refractivity contribution is 0.129. The highest BCUT2D eigenvalue weighted by atomic mass is 32.2. The van der Waals surface area contributed by atoms with Crippen LogP contribution in [0.4, 0.5) is 0 Å². The van der Waals surface area contributed by atoms with E-state index in [-0.39, 0.29) is 11.0 Å². The normalized spacial score (nSPS) is 18.7. The molecule has 2 aromatic rings. The second-order valence-corrected chi connectivity index (χ2v) is 8.00. The summed E-state index contributed by atoms with van der Waals surface area (Å²) in [6.45, 7) is 2.68. The predicted molar refractivity (Wildman–Crippen MR) is 94.4 cm³/mol. The first kappa shape index (κ1) is 17.7. The van der Waals surface area contributed by atoms with Gasteiger partial charge in [0, 0.05) is 18.9 Å². The predicted octanol–water partition coefficient (Wildman–Crippen LogP) is 2.63. The molecule has 1 aromatic carbocycles. The van der Waals surface area contributed by atoms with Crippen LogP contribution < -0.4 is 9.47 Å². The number of pyridine rings is 1. The van der Waals surface area contributed by atoms with Gasteiger partial charge in [-0.2, -0.15) is 4.31 Å². The first-order valence-electron chi connectivity index (χ1n) is 8.22. The van der Waals surface area contributed by atoms with Crippen molar-refractivity contribution in [1.29, 1.82) is 0 Å². The van der Waals surface area contributed by atoms with E-state index in [4.69, 9.17) is 9.47 Å². The molecule has 0 bridgehead atoms. The zero-order chi connectivity index (χ0) is 17.9. The van der Waals surface area contributed by atoms with Crippen LogP contribution in [0.3, 0.4) is 0 Å². The molecule has 0 spiro atoms. The van der Waals surface area contributed by atoms with Crippen molar-refractivity contribution in [2.24, 2.45) is 0 Å². The highest BCUT2D eigenvalue weighted by Gasteiger charge is 2.31. The third kappa shape index (κ3) is 3.93. The van der Waals surface area contributed by atoms with Crippen LogP contribution in [0.15, 0.2) is 47.6 Å². The van der Waals surface area contributed by atoms with E-state index in [0.717, 1.165) is 18.4 Å². The molecule has 0 radical (unpaired) electrons. The maximum absolute atomic E-state index is 13.0. The maximum Gasteiger partial charge on any atom is 0.243 e. The van der Waals surface area contributed by atoms with Crippen LogP contribution >= 0.6 is 0 Å². The number of piperidine rings is 1. The van der Waals surface area contributed by atoms with Crippen LogP contribution in [-0.2, 0) is 10.0 Å². The molecule has 3 rings (SSSR count). The summed E-state index contributed by atoms with van der Waals surface area (Å²) in [4.78, 5) is 4.25. The minimum Gasteiger partial charge on any atom is -0.496 e. The standard InChI is InChI=1S/C18H22N2O4S/c1-14-12-17(5-6-18(14)23-2)25(21,22)20-11-3-4-16(13-20)24-15-7-9-19-10-8-15/h5-10,12,16H,3-4,11,13H2,1-2H3. The van der Waals surface area contributed by atoms with Gasteiger partial charge in [0.25, 0.3) is 0 Å². The zero-order valence-electron chi connectivity index (χ0n) is 14.4. The average molecular weight is 362 g/mol. The summed E-state index contributed by atoms with van der Waals surface area (Å²) in [5.74, 6) is 1.39. The monoisotopic (exact) mass is 362 g/mol. The lowest BCUT2D eigenvalue weighted by atomic mass is 10.1. The highest BCUT2D eigenvalue weighted by molar-refractivity contribution is 7.89. The molecule has 1 unspecified atom stereocenters. The molecule has 1 aliphatic rings. The van der Waals surface area contributed by atoms with Gasteiger partial charge in [0.05, 0.1) is 18.6 Å². The average Bonchev–Trinajstić information content (AvgIpc) is 2.62. The third-order valence-electron chi connectivity index (χ3n) is 4.30. The van der Waals surface area contributed by atoms with E-state index in [9.17, 15) is 8.42 Å². The fourth-order valence-corrected chi connectivity index (χ4v) is 4.59. The van der Waals surface area contributed by atoms with Gasteiger partial charge in [0.1, 0.15) is 17.6 Å². The molecule has 7 heteroatoms. The van der Waals surface area contributed by atoms with Crippen molar-refractivity contribution >= 4 is 10.0 Å². The molecule has 0 amide bonds. The molecular weight excluding hydrogens is 340 g/mol. The van der Waals surface area contributed by atoms with Crippen molar-refractivity contribution in [3.8, 4) is 11.5 Å². The first-order chi connectivity index (χ1) is 12.0. The molecule has 0 aliphatic carbocycles. The van der Waals surface area contributed by atoms with Gasteiger partial charge in [0.2, 0.25) is 10.0 Å². The lowest BCUT2D eigenvalue weighted by Gasteiger charge is -2.32. The van der Waals surface area contributed by atoms with Gasteiger partial charge in [-0.05, 0) is 55.7 Å². The summed E-state index contributed by atoms with van der Waals surface area (Å²) in [6.07, 6.45) is 4.75. The van der Waals surface area contributed by atoms with Gasteiger partial charge >= 0.3 is 0 Å². The summed E-state index contributed by atoms with van der Waals surface area (Å²) in [6, 6.07) is 8.49. The molecule has 1 atom stereocenters. The number of rotatable bonds is 5. The Kier molecular flexibility index (Phi) is 5.24. The van der Waals surface area contributed by atoms with Crippen molar-refractivity contribution in [3.05, 3.63) is 48.3 Å². The van der Waals surface area contributed by atoms with Crippen molar-refractivity contribution in [1.82, 2.24) is 9.29 Å². The van der Waals surface area contributed by atoms with Gasteiger partial charge < -0.3 is 9.47 Å². The fourth-order valence-electron chi connectivity index (χ4n) is 2.99. The molecule has 1 fully saturated rings. The number of aromatic nitrogens is 1. The Labute approximate surface area is 148 Å². The number of hydrogen-bond acceptors (Lipinski definition) is 5. The molecule has 25 heavy (non-hydrogen) atoms. The quantitative estimate of drug-likeness (QED) is 0.818. The van der Waals surface area contributed by atoms with E-state index in [1.165, 1.54) is 4.31 Å². The molecule has 6 nitrogen and oxygen atoms in total. The van der Waals surface area contributed by atoms with E-state index < -0.39 is 10.0 Å². The van der Waals surface area contributed by atoms with Crippen LogP contribution in [0.25, 0.3) is 0 Å². The summed E-state index contributed by atoms with van der Waals surface area (Å²) in [7, 11) is -1.98. The van der Waals surface area contributed by atoms with Crippen LogP contribution in [0.2, 0.25) is 0 Å². The lowest BCUT2D eigenvalue weighted by Crippen LogP contribution is -2.44. The molecule has 1 saturated heterocycles. The fraction of sp³-hybridized carbons (Fsp3) is 0.389. The van der Waals surface area contributed by atoms with Crippen LogP contribution in [0.5, 0.6) is 11.5 Å². The summed E-state index contributed by atoms with van der Waals surface area (Å²) in [5.41, 5.74) is 0.796. The van der Waals surface area contributed by atoms with Crippen molar-refractivity contribution in [2.45, 2.75) is 30.8 Å². The molecule has 1 aromatic heterocycles. The Balaban J connectivity index is 1.76. The van der Waals surface area contributed by atoms with Gasteiger partial charge in [-0.1, -0.05) is 0 Å². The Hall–Kier alpha value is -2.12. The second kappa shape index (κ2) is 7.41. The summed E-state index contributed by atoms with van der Waals surface area (Å²) < 4.78 is 38.5. The van der Waals surface area contributed by atoms with Crippen molar-refractivity contribution in [2.75, 3.05) is 20.2 Å². The summed E-state index contributed by atoms with van der Waals surface area (Å²) in [5, 5.41) is 0. The number of ether oxygens (including phenoxy) is 2. The molecule has 134 valence electrons. The van der Waals surface area contributed by atoms with Gasteiger partial charge in [-0.3, -0.25) is 4.98 Å². The van der Waals surface area contributed by atoms with Crippen molar-refractivity contribution < 1.29 is 17.9 Å². The number of sulfonamides is 1. The first-order valence-corrected chi connectivity index (χ1v) is 9.66. The molecule has 0 N–H and O–H groups in total. The second-order valence-electron chi connectivity index (χ2n) is 6.06. The van der Waals surface area contributed by atoms with Gasteiger partial charge in [-0.25, -0.2) is 8.42 Å². The van der Waals surface area contributed by atoms with Crippen LogP contribution in [-0.4, -0.2) is 44.0 Å². The topological polar surface area (TPSA) is 68.7 Å². The SMILES string of the molecule is COc1ccc(S(=O)(=O)N2CCCC(Oc3ccncc3)C2)cc1C. The highest BCUT2D eigenvalue weighted by Crippen LogP contribution is 2.26. The number of aryl methyl sites for hydroxylation is 1. The minimum atomic E-state index is -3.55. The molecule has 2 heterocycles. The Morgan fingerprint density at radius 1 is 1.20 bits per heavy atom. The van der Waals surface area contributed by atoms with Crippen LogP contribution in [0.1, 0.15) is 18.4 Å². The molecule has 1 aliphatic heterocycles. The summed E-state index contributed by atoms with van der Waals surface area (Å²) >= 11 is 0. The number of benzene rings is 1. The Morgan fingerprint density at radius 3 is 2.64 bits per heavy atom. The van der Waals surface area contributed by atoms with E-state index in [0.29, 0.717) is 24.6 Å². The van der Waals surface area contributed by atoms with Gasteiger partial charge in [0.15, 0.2) is 0 Å².